The number of amides is 1. The van der Waals surface area contributed by atoms with Gasteiger partial charge in [-0.2, -0.15) is 0 Å². The Balaban J connectivity index is 1.63. The van der Waals surface area contributed by atoms with E-state index in [9.17, 15) is 13.6 Å². The normalized spacial score (nSPS) is 10.5. The van der Waals surface area contributed by atoms with E-state index in [4.69, 9.17) is 0 Å². The van der Waals surface area contributed by atoms with Gasteiger partial charge >= 0.3 is 0 Å². The monoisotopic (exact) mass is 313 g/mol. The molecular weight excluding hydrogens is 300 g/mol. The second kappa shape index (κ2) is 6.39. The number of hydrogen-bond donors (Lipinski definition) is 1. The number of nitrogens with zero attached hydrogens (tertiary/aromatic N) is 2. The van der Waals surface area contributed by atoms with E-state index >= 15 is 0 Å². The summed E-state index contributed by atoms with van der Waals surface area (Å²) in [5, 5.41) is 2.67. The van der Waals surface area contributed by atoms with E-state index in [1.54, 1.807) is 12.5 Å². The van der Waals surface area contributed by atoms with Crippen molar-refractivity contribution < 1.29 is 13.6 Å². The molecule has 2 aromatic carbocycles. The Morgan fingerprint density at radius 3 is 2.52 bits per heavy atom. The molecule has 23 heavy (non-hydrogen) atoms. The van der Waals surface area contributed by atoms with Gasteiger partial charge in [0.05, 0.1) is 6.33 Å². The van der Waals surface area contributed by atoms with Gasteiger partial charge in [0.1, 0.15) is 0 Å². The summed E-state index contributed by atoms with van der Waals surface area (Å²) in [5.41, 5.74) is 1.93. The Morgan fingerprint density at radius 2 is 1.87 bits per heavy atom. The molecule has 0 fully saturated rings. The number of carbonyl (C=O) groups is 1. The summed E-state index contributed by atoms with van der Waals surface area (Å²) < 4.78 is 27.8. The Kier molecular flexibility index (Phi) is 4.14. The standard InChI is InChI=1S/C17H13F2N3O/c18-15-6-3-13(9-16(15)19)17(23)21-10-12-1-4-14(5-2-12)22-8-7-20-11-22/h1-9,11H,10H2,(H,21,23). The topological polar surface area (TPSA) is 46.9 Å². The lowest BCUT2D eigenvalue weighted by molar-refractivity contribution is 0.0950. The van der Waals surface area contributed by atoms with Gasteiger partial charge in [0.25, 0.3) is 5.91 Å². The van der Waals surface area contributed by atoms with Gasteiger partial charge in [0, 0.05) is 30.2 Å². The molecule has 3 aromatic rings. The van der Waals surface area contributed by atoms with Gasteiger partial charge in [-0.25, -0.2) is 13.8 Å². The van der Waals surface area contributed by atoms with Crippen LogP contribution in [0.5, 0.6) is 0 Å². The van der Waals surface area contributed by atoms with Crippen molar-refractivity contribution in [1.82, 2.24) is 14.9 Å². The third-order valence-electron chi connectivity index (χ3n) is 3.37. The summed E-state index contributed by atoms with van der Waals surface area (Å²) in [4.78, 5) is 15.9. The van der Waals surface area contributed by atoms with Crippen molar-refractivity contribution in [1.29, 1.82) is 0 Å². The van der Waals surface area contributed by atoms with E-state index in [1.807, 2.05) is 35.0 Å². The molecule has 0 unspecified atom stereocenters. The fourth-order valence-corrected chi connectivity index (χ4v) is 2.12. The van der Waals surface area contributed by atoms with E-state index in [1.165, 1.54) is 6.07 Å². The third-order valence-corrected chi connectivity index (χ3v) is 3.37. The fourth-order valence-electron chi connectivity index (χ4n) is 2.12. The molecular formula is C17H13F2N3O. The summed E-state index contributed by atoms with van der Waals surface area (Å²) in [6.07, 6.45) is 5.22. The minimum Gasteiger partial charge on any atom is -0.348 e. The van der Waals surface area contributed by atoms with E-state index in [0.717, 1.165) is 23.4 Å². The minimum atomic E-state index is -1.04. The maximum absolute atomic E-state index is 13.1. The molecule has 0 saturated carbocycles. The maximum atomic E-state index is 13.1. The van der Waals surface area contributed by atoms with Gasteiger partial charge < -0.3 is 9.88 Å². The van der Waals surface area contributed by atoms with Crippen molar-refractivity contribution in [3.05, 3.63) is 83.9 Å². The van der Waals surface area contributed by atoms with Crippen LogP contribution in [0.15, 0.2) is 61.2 Å². The van der Waals surface area contributed by atoms with Gasteiger partial charge in [0.2, 0.25) is 0 Å². The molecule has 3 rings (SSSR count). The summed E-state index contributed by atoms with van der Waals surface area (Å²) in [5.74, 6) is -2.47. The van der Waals surface area contributed by atoms with Crippen molar-refractivity contribution in [2.24, 2.45) is 0 Å². The first-order chi connectivity index (χ1) is 11.1. The Labute approximate surface area is 131 Å². The highest BCUT2D eigenvalue weighted by Crippen LogP contribution is 2.11. The van der Waals surface area contributed by atoms with Gasteiger partial charge in [0.15, 0.2) is 11.6 Å². The summed E-state index contributed by atoms with van der Waals surface area (Å²) in [6, 6.07) is 10.6. The molecule has 0 saturated heterocycles. The Morgan fingerprint density at radius 1 is 1.09 bits per heavy atom. The van der Waals surface area contributed by atoms with Crippen LogP contribution in [0.4, 0.5) is 8.78 Å². The van der Waals surface area contributed by atoms with Gasteiger partial charge in [-0.05, 0) is 35.9 Å². The lowest BCUT2D eigenvalue weighted by atomic mass is 10.1. The molecule has 0 radical (unpaired) electrons. The van der Waals surface area contributed by atoms with E-state index in [-0.39, 0.29) is 5.56 Å². The summed E-state index contributed by atoms with van der Waals surface area (Å²) >= 11 is 0. The van der Waals surface area contributed by atoms with E-state index in [2.05, 4.69) is 10.3 Å². The molecule has 0 spiro atoms. The van der Waals surface area contributed by atoms with Crippen molar-refractivity contribution in [3.8, 4) is 5.69 Å². The first kappa shape index (κ1) is 14.9. The van der Waals surface area contributed by atoms with Crippen molar-refractivity contribution in [2.45, 2.75) is 6.54 Å². The highest BCUT2D eigenvalue weighted by atomic mass is 19.2. The quantitative estimate of drug-likeness (QED) is 0.804. The number of carbonyl (C=O) groups excluding carboxylic acids is 1. The van der Waals surface area contributed by atoms with Crippen LogP contribution in [0.25, 0.3) is 5.69 Å². The number of hydrogen-bond acceptors (Lipinski definition) is 2. The first-order valence-corrected chi connectivity index (χ1v) is 6.94. The second-order valence-corrected chi connectivity index (χ2v) is 4.95. The summed E-state index contributed by atoms with van der Waals surface area (Å²) in [7, 11) is 0. The maximum Gasteiger partial charge on any atom is 0.251 e. The van der Waals surface area contributed by atoms with Crippen LogP contribution in [0.1, 0.15) is 15.9 Å². The first-order valence-electron chi connectivity index (χ1n) is 6.94. The number of imidazole rings is 1. The van der Waals surface area contributed by atoms with Crippen LogP contribution in [0.2, 0.25) is 0 Å². The molecule has 0 aliphatic heterocycles. The fraction of sp³-hybridized carbons (Fsp3) is 0.0588. The number of halogens is 2. The molecule has 1 amide bonds. The summed E-state index contributed by atoms with van der Waals surface area (Å²) in [6.45, 7) is 0.294. The largest absolute Gasteiger partial charge is 0.348 e. The second-order valence-electron chi connectivity index (χ2n) is 4.95. The SMILES string of the molecule is O=C(NCc1ccc(-n2ccnc2)cc1)c1ccc(F)c(F)c1. The average molecular weight is 313 g/mol. The smallest absolute Gasteiger partial charge is 0.251 e. The van der Waals surface area contributed by atoms with Crippen LogP contribution < -0.4 is 5.32 Å². The van der Waals surface area contributed by atoms with Crippen LogP contribution in [0.3, 0.4) is 0 Å². The van der Waals surface area contributed by atoms with E-state index < -0.39 is 17.5 Å². The number of nitrogens with one attached hydrogen (secondary N) is 1. The van der Waals surface area contributed by atoms with Crippen LogP contribution in [-0.2, 0) is 6.54 Å². The molecule has 4 nitrogen and oxygen atoms in total. The number of aromatic nitrogens is 2. The predicted molar refractivity (Wildman–Crippen MR) is 81.1 cm³/mol. The molecule has 1 N–H and O–H groups in total. The molecule has 0 atom stereocenters. The predicted octanol–water partition coefficient (Wildman–Crippen LogP) is 3.08. The van der Waals surface area contributed by atoms with E-state index in [0.29, 0.717) is 6.54 Å². The molecule has 1 aromatic heterocycles. The highest BCUT2D eigenvalue weighted by Gasteiger charge is 2.09. The lowest BCUT2D eigenvalue weighted by Crippen LogP contribution is -2.23. The van der Waals surface area contributed by atoms with Crippen molar-refractivity contribution in [3.63, 3.8) is 0 Å². The van der Waals surface area contributed by atoms with Crippen molar-refractivity contribution in [2.75, 3.05) is 0 Å². The third kappa shape index (κ3) is 3.42. The van der Waals surface area contributed by atoms with Crippen LogP contribution >= 0.6 is 0 Å². The van der Waals surface area contributed by atoms with Crippen LogP contribution in [-0.4, -0.2) is 15.5 Å². The zero-order valence-corrected chi connectivity index (χ0v) is 12.0. The Hall–Kier alpha value is -3.02. The zero-order valence-electron chi connectivity index (χ0n) is 12.0. The molecule has 1 heterocycles. The lowest BCUT2D eigenvalue weighted by Gasteiger charge is -2.07. The van der Waals surface area contributed by atoms with Gasteiger partial charge in [-0.15, -0.1) is 0 Å². The molecule has 0 aliphatic carbocycles. The van der Waals surface area contributed by atoms with Crippen molar-refractivity contribution >= 4 is 5.91 Å². The highest BCUT2D eigenvalue weighted by molar-refractivity contribution is 5.94. The molecule has 116 valence electrons. The zero-order chi connectivity index (χ0) is 16.2. The molecule has 6 heteroatoms. The molecule has 0 bridgehead atoms. The number of benzene rings is 2. The van der Waals surface area contributed by atoms with Gasteiger partial charge in [-0.1, -0.05) is 12.1 Å². The molecule has 0 aliphatic rings. The average Bonchev–Trinajstić information content (AvgIpc) is 3.10. The minimum absolute atomic E-state index is 0.0823. The number of rotatable bonds is 4. The Bertz CT molecular complexity index is 814. The van der Waals surface area contributed by atoms with Crippen LogP contribution in [0, 0.1) is 11.6 Å². The van der Waals surface area contributed by atoms with Gasteiger partial charge in [-0.3, -0.25) is 4.79 Å².